The molecule has 0 saturated carbocycles. The lowest BCUT2D eigenvalue weighted by molar-refractivity contribution is 0.0839. The van der Waals surface area contributed by atoms with Crippen LogP contribution in [0.2, 0.25) is 0 Å². The smallest absolute Gasteiger partial charge is 0.223 e. The fourth-order valence-corrected chi connectivity index (χ4v) is 3.02. The average Bonchev–Trinajstić information content (AvgIpc) is 3.29. The molecule has 25 heavy (non-hydrogen) atoms. The van der Waals surface area contributed by atoms with Gasteiger partial charge in [-0.3, -0.25) is 9.97 Å². The number of aromatic nitrogens is 6. The van der Waals surface area contributed by atoms with Crippen LogP contribution >= 0.6 is 0 Å². The molecule has 8 heteroatoms. The molecule has 8 nitrogen and oxygen atoms in total. The molecule has 128 valence electrons. The van der Waals surface area contributed by atoms with E-state index in [1.165, 1.54) is 0 Å². The minimum atomic E-state index is -0.00401. The molecule has 0 aromatic carbocycles. The van der Waals surface area contributed by atoms with Crippen LogP contribution in [-0.4, -0.2) is 42.6 Å². The Labute approximate surface area is 145 Å². The van der Waals surface area contributed by atoms with E-state index in [0.717, 1.165) is 36.8 Å². The van der Waals surface area contributed by atoms with Crippen molar-refractivity contribution in [2.45, 2.75) is 12.5 Å². The molecule has 0 bridgehead atoms. The second kappa shape index (κ2) is 6.94. The van der Waals surface area contributed by atoms with Crippen molar-refractivity contribution >= 4 is 5.95 Å². The molecule has 0 amide bonds. The highest BCUT2D eigenvalue weighted by Gasteiger charge is 2.32. The molecular formula is C17H19N7O. The topological polar surface area (TPSA) is 90.6 Å². The van der Waals surface area contributed by atoms with Crippen LogP contribution in [0.25, 0.3) is 11.4 Å². The summed E-state index contributed by atoms with van der Waals surface area (Å²) < 4.78 is 7.90. The predicted octanol–water partition coefficient (Wildman–Crippen LogP) is 1.86. The normalized spacial score (nSPS) is 19.9. The second-order valence-electron chi connectivity index (χ2n) is 5.97. The third-order valence-corrected chi connectivity index (χ3v) is 4.33. The molecule has 3 aromatic rings. The first kappa shape index (κ1) is 15.6. The summed E-state index contributed by atoms with van der Waals surface area (Å²) in [5.41, 5.74) is 1.47. The molecule has 1 saturated heterocycles. The fraction of sp³-hybridized carbons (Fsp3) is 0.353. The Bertz CT molecular complexity index is 836. The number of aryl methyl sites for hydroxylation is 1. The van der Waals surface area contributed by atoms with Crippen molar-refractivity contribution in [2.24, 2.45) is 13.0 Å². The number of anilines is 1. The molecule has 1 N–H and O–H groups in total. The Morgan fingerprint density at radius 1 is 1.16 bits per heavy atom. The number of nitrogens with zero attached hydrogens (tertiary/aromatic N) is 6. The number of rotatable bonds is 5. The summed E-state index contributed by atoms with van der Waals surface area (Å²) in [6, 6.07) is 1.82. The lowest BCUT2D eigenvalue weighted by Crippen LogP contribution is -2.21. The largest absolute Gasteiger partial charge is 0.370 e. The van der Waals surface area contributed by atoms with E-state index in [4.69, 9.17) is 4.74 Å². The molecule has 1 aliphatic heterocycles. The Balaban J connectivity index is 1.45. The third-order valence-electron chi connectivity index (χ3n) is 4.33. The lowest BCUT2D eigenvalue weighted by atomic mass is 10.0. The number of hydrogen-bond acceptors (Lipinski definition) is 7. The molecule has 4 heterocycles. The zero-order valence-corrected chi connectivity index (χ0v) is 13.9. The van der Waals surface area contributed by atoms with Gasteiger partial charge in [-0.2, -0.15) is 0 Å². The van der Waals surface area contributed by atoms with E-state index in [9.17, 15) is 0 Å². The van der Waals surface area contributed by atoms with Crippen molar-refractivity contribution in [1.82, 2.24) is 29.5 Å². The van der Waals surface area contributed by atoms with E-state index in [1.807, 2.05) is 23.9 Å². The summed E-state index contributed by atoms with van der Waals surface area (Å²) in [5.74, 6) is 1.86. The summed E-state index contributed by atoms with van der Waals surface area (Å²) >= 11 is 0. The van der Waals surface area contributed by atoms with Gasteiger partial charge in [-0.1, -0.05) is 0 Å². The third kappa shape index (κ3) is 3.34. The molecule has 2 atom stereocenters. The van der Waals surface area contributed by atoms with Gasteiger partial charge in [-0.25, -0.2) is 15.0 Å². The standard InChI is InChI=1S/C17H19N7O/c1-24-8-7-20-16(24)15-12(3-9-25-15)10-22-17-21-4-2-13(23-17)14-11-18-5-6-19-14/h2,4-8,11-12,15H,3,9-10H2,1H3,(H,21,22,23)/t12-,15+/m0/s1. The van der Waals surface area contributed by atoms with Crippen molar-refractivity contribution in [3.05, 3.63) is 49.1 Å². The highest BCUT2D eigenvalue weighted by Crippen LogP contribution is 2.33. The van der Waals surface area contributed by atoms with Gasteiger partial charge in [0, 0.05) is 57.1 Å². The first-order valence-corrected chi connectivity index (χ1v) is 8.23. The van der Waals surface area contributed by atoms with E-state index in [2.05, 4.69) is 30.2 Å². The van der Waals surface area contributed by atoms with E-state index < -0.39 is 0 Å². The van der Waals surface area contributed by atoms with E-state index in [1.54, 1.807) is 31.0 Å². The van der Waals surface area contributed by atoms with Gasteiger partial charge in [-0.05, 0) is 12.5 Å². The molecule has 4 rings (SSSR count). The predicted molar refractivity (Wildman–Crippen MR) is 91.6 cm³/mol. The summed E-state index contributed by atoms with van der Waals surface area (Å²) in [6.07, 6.45) is 11.4. The quantitative estimate of drug-likeness (QED) is 0.760. The monoisotopic (exact) mass is 337 g/mol. The molecule has 3 aromatic heterocycles. The van der Waals surface area contributed by atoms with Crippen LogP contribution < -0.4 is 5.32 Å². The minimum Gasteiger partial charge on any atom is -0.370 e. The summed E-state index contributed by atoms with van der Waals surface area (Å²) in [4.78, 5) is 21.6. The van der Waals surface area contributed by atoms with Crippen LogP contribution in [0.5, 0.6) is 0 Å². The minimum absolute atomic E-state index is 0.00401. The molecule has 0 unspecified atom stereocenters. The van der Waals surface area contributed by atoms with Crippen molar-refractivity contribution in [3.63, 3.8) is 0 Å². The number of hydrogen-bond donors (Lipinski definition) is 1. The summed E-state index contributed by atoms with van der Waals surface area (Å²) in [5, 5.41) is 3.32. The number of ether oxygens (including phenoxy) is 1. The van der Waals surface area contributed by atoms with Gasteiger partial charge in [0.2, 0.25) is 5.95 Å². The van der Waals surface area contributed by atoms with Crippen LogP contribution in [0.15, 0.2) is 43.2 Å². The van der Waals surface area contributed by atoms with E-state index in [-0.39, 0.29) is 6.10 Å². The average molecular weight is 337 g/mol. The van der Waals surface area contributed by atoms with Crippen LogP contribution in [0.4, 0.5) is 5.95 Å². The summed E-state index contributed by atoms with van der Waals surface area (Å²) in [7, 11) is 1.99. The fourth-order valence-electron chi connectivity index (χ4n) is 3.02. The van der Waals surface area contributed by atoms with Crippen molar-refractivity contribution in [3.8, 4) is 11.4 Å². The molecule has 0 aliphatic carbocycles. The van der Waals surface area contributed by atoms with Crippen LogP contribution in [-0.2, 0) is 11.8 Å². The number of imidazole rings is 1. The zero-order chi connectivity index (χ0) is 17.1. The molecule has 1 aliphatic rings. The van der Waals surface area contributed by atoms with Gasteiger partial charge in [-0.15, -0.1) is 0 Å². The second-order valence-corrected chi connectivity index (χ2v) is 5.97. The SMILES string of the molecule is Cn1ccnc1[C@@H]1OCC[C@H]1CNc1nccc(-c2cnccn2)n1. The van der Waals surface area contributed by atoms with Crippen molar-refractivity contribution < 1.29 is 4.74 Å². The van der Waals surface area contributed by atoms with Crippen LogP contribution in [0, 0.1) is 5.92 Å². The van der Waals surface area contributed by atoms with Crippen LogP contribution in [0.3, 0.4) is 0 Å². The first-order chi connectivity index (χ1) is 12.3. The lowest BCUT2D eigenvalue weighted by Gasteiger charge is -2.18. The van der Waals surface area contributed by atoms with Gasteiger partial charge in [0.05, 0.1) is 11.9 Å². The first-order valence-electron chi connectivity index (χ1n) is 8.23. The highest BCUT2D eigenvalue weighted by atomic mass is 16.5. The van der Waals surface area contributed by atoms with Gasteiger partial charge in [0.25, 0.3) is 0 Å². The van der Waals surface area contributed by atoms with Gasteiger partial charge < -0.3 is 14.6 Å². The maximum Gasteiger partial charge on any atom is 0.223 e. The summed E-state index contributed by atoms with van der Waals surface area (Å²) in [6.45, 7) is 1.46. The van der Waals surface area contributed by atoms with Crippen LogP contribution in [0.1, 0.15) is 18.3 Å². The van der Waals surface area contributed by atoms with Gasteiger partial charge >= 0.3 is 0 Å². The molecule has 0 radical (unpaired) electrons. The molecule has 1 fully saturated rings. The Morgan fingerprint density at radius 3 is 2.92 bits per heavy atom. The highest BCUT2D eigenvalue weighted by molar-refractivity contribution is 5.53. The van der Waals surface area contributed by atoms with Gasteiger partial charge in [0.1, 0.15) is 17.6 Å². The van der Waals surface area contributed by atoms with Crippen molar-refractivity contribution in [2.75, 3.05) is 18.5 Å². The van der Waals surface area contributed by atoms with E-state index >= 15 is 0 Å². The maximum absolute atomic E-state index is 5.89. The maximum atomic E-state index is 5.89. The van der Waals surface area contributed by atoms with E-state index in [0.29, 0.717) is 11.9 Å². The Hall–Kier alpha value is -2.87. The van der Waals surface area contributed by atoms with Crippen molar-refractivity contribution in [1.29, 1.82) is 0 Å². The molecular weight excluding hydrogens is 318 g/mol. The Morgan fingerprint density at radius 2 is 2.12 bits per heavy atom. The zero-order valence-electron chi connectivity index (χ0n) is 13.9. The number of nitrogens with one attached hydrogen (secondary N) is 1. The Kier molecular flexibility index (Phi) is 4.34. The molecule has 0 spiro atoms. The van der Waals surface area contributed by atoms with Gasteiger partial charge in [0.15, 0.2) is 0 Å².